The molecule has 9 heteroatoms. The van der Waals surface area contributed by atoms with Gasteiger partial charge in [-0.1, -0.05) is 19.1 Å². The highest BCUT2D eigenvalue weighted by Crippen LogP contribution is 2.22. The van der Waals surface area contributed by atoms with Gasteiger partial charge in [0.15, 0.2) is 11.6 Å². The molecule has 0 aliphatic rings. The molecule has 2 aromatic rings. The normalized spacial score (nSPS) is 10.5. The van der Waals surface area contributed by atoms with Crippen LogP contribution in [0.2, 0.25) is 0 Å². The molecular weight excluding hydrogens is 374 g/mol. The van der Waals surface area contributed by atoms with E-state index in [0.29, 0.717) is 12.0 Å². The van der Waals surface area contributed by atoms with E-state index in [-0.39, 0.29) is 36.3 Å². The quantitative estimate of drug-likeness (QED) is 0.547. The minimum Gasteiger partial charge on any atom is -0.481 e. The van der Waals surface area contributed by atoms with E-state index in [9.17, 15) is 28.5 Å². The van der Waals surface area contributed by atoms with Crippen LogP contribution in [0.5, 0.6) is 0 Å². The summed E-state index contributed by atoms with van der Waals surface area (Å²) in [5, 5.41) is 20.1. The average molecular weight is 392 g/mol. The average Bonchev–Trinajstić information content (AvgIpc) is 2.66. The van der Waals surface area contributed by atoms with Crippen molar-refractivity contribution in [2.45, 2.75) is 26.3 Å². The maximum absolute atomic E-state index is 13.4. The third-order valence-corrected chi connectivity index (χ3v) is 4.15. The van der Waals surface area contributed by atoms with Crippen molar-refractivity contribution in [1.82, 2.24) is 4.90 Å². The third kappa shape index (κ3) is 5.09. The van der Waals surface area contributed by atoms with Gasteiger partial charge in [-0.15, -0.1) is 0 Å². The summed E-state index contributed by atoms with van der Waals surface area (Å²) in [7, 11) is 0. The topological polar surface area (TPSA) is 101 Å². The third-order valence-electron chi connectivity index (χ3n) is 4.15. The van der Waals surface area contributed by atoms with Crippen LogP contribution in [0.25, 0.3) is 0 Å². The standard InChI is InChI=1S/C19H18F2N2O5/c1-2-13-4-5-14(10-17(13)23(27)28)19(26)22(8-7-18(24)25)11-12-3-6-15(20)16(21)9-12/h3-6,9-10H,2,7-8,11H2,1H3,(H,24,25). The van der Waals surface area contributed by atoms with Gasteiger partial charge in [-0.2, -0.15) is 0 Å². The largest absolute Gasteiger partial charge is 0.481 e. The van der Waals surface area contributed by atoms with Gasteiger partial charge in [0.05, 0.1) is 11.3 Å². The number of benzene rings is 2. The molecular formula is C19H18F2N2O5. The number of nitro groups is 1. The number of halogens is 2. The fourth-order valence-corrected chi connectivity index (χ4v) is 2.69. The Morgan fingerprint density at radius 3 is 2.43 bits per heavy atom. The SMILES string of the molecule is CCc1ccc(C(=O)N(CCC(=O)O)Cc2ccc(F)c(F)c2)cc1[N+](=O)[O-]. The first-order valence-corrected chi connectivity index (χ1v) is 8.45. The molecule has 0 aliphatic carbocycles. The van der Waals surface area contributed by atoms with Crippen LogP contribution >= 0.6 is 0 Å². The molecule has 7 nitrogen and oxygen atoms in total. The predicted molar refractivity (Wildman–Crippen MR) is 95.8 cm³/mol. The lowest BCUT2D eigenvalue weighted by molar-refractivity contribution is -0.385. The van der Waals surface area contributed by atoms with Gasteiger partial charge in [0.1, 0.15) is 0 Å². The zero-order chi connectivity index (χ0) is 20.8. The number of aryl methyl sites for hydroxylation is 1. The summed E-state index contributed by atoms with van der Waals surface area (Å²) < 4.78 is 26.6. The number of amides is 1. The van der Waals surface area contributed by atoms with Gasteiger partial charge in [0.25, 0.3) is 11.6 Å². The number of carbonyl (C=O) groups is 2. The highest BCUT2D eigenvalue weighted by Gasteiger charge is 2.22. The van der Waals surface area contributed by atoms with Crippen molar-refractivity contribution in [3.8, 4) is 0 Å². The van der Waals surface area contributed by atoms with E-state index in [4.69, 9.17) is 5.11 Å². The first-order valence-electron chi connectivity index (χ1n) is 8.45. The molecule has 28 heavy (non-hydrogen) atoms. The van der Waals surface area contributed by atoms with E-state index in [2.05, 4.69) is 0 Å². The van der Waals surface area contributed by atoms with Crippen molar-refractivity contribution >= 4 is 17.6 Å². The molecule has 0 saturated carbocycles. The fourth-order valence-electron chi connectivity index (χ4n) is 2.69. The number of hydrogen-bond acceptors (Lipinski definition) is 4. The van der Waals surface area contributed by atoms with Crippen molar-refractivity contribution in [1.29, 1.82) is 0 Å². The van der Waals surface area contributed by atoms with Crippen LogP contribution in [0, 0.1) is 21.7 Å². The van der Waals surface area contributed by atoms with Crippen molar-refractivity contribution in [3.63, 3.8) is 0 Å². The van der Waals surface area contributed by atoms with E-state index >= 15 is 0 Å². The Kier molecular flexibility index (Phi) is 6.75. The van der Waals surface area contributed by atoms with Crippen LogP contribution in [0.1, 0.15) is 34.8 Å². The fraction of sp³-hybridized carbons (Fsp3) is 0.263. The summed E-state index contributed by atoms with van der Waals surface area (Å²) in [4.78, 5) is 35.5. The van der Waals surface area contributed by atoms with Gasteiger partial charge in [-0.05, 0) is 30.2 Å². The lowest BCUT2D eigenvalue weighted by Crippen LogP contribution is -2.32. The second kappa shape index (κ2) is 9.03. The van der Waals surface area contributed by atoms with E-state index in [1.54, 1.807) is 6.92 Å². The molecule has 0 bridgehead atoms. The minimum absolute atomic E-state index is 0.0110. The van der Waals surface area contributed by atoms with Crippen LogP contribution in [-0.2, 0) is 17.8 Å². The van der Waals surface area contributed by atoms with Crippen LogP contribution in [-0.4, -0.2) is 33.4 Å². The van der Waals surface area contributed by atoms with Gasteiger partial charge >= 0.3 is 5.97 Å². The summed E-state index contributed by atoms with van der Waals surface area (Å²) in [5.74, 6) is -3.92. The Labute approximate surface area is 159 Å². The first-order chi connectivity index (χ1) is 13.2. The monoisotopic (exact) mass is 392 g/mol. The van der Waals surface area contributed by atoms with E-state index in [1.807, 2.05) is 0 Å². The molecule has 0 saturated heterocycles. The smallest absolute Gasteiger partial charge is 0.305 e. The molecule has 2 rings (SSSR count). The number of carboxylic acids is 1. The first kappa shape index (κ1) is 20.9. The number of aliphatic carboxylic acids is 1. The lowest BCUT2D eigenvalue weighted by atomic mass is 10.1. The second-order valence-electron chi connectivity index (χ2n) is 6.07. The van der Waals surface area contributed by atoms with Crippen molar-refractivity contribution in [2.24, 2.45) is 0 Å². The van der Waals surface area contributed by atoms with Crippen molar-refractivity contribution in [2.75, 3.05) is 6.54 Å². The molecule has 0 aromatic heterocycles. The molecule has 2 aromatic carbocycles. The van der Waals surface area contributed by atoms with E-state index in [0.717, 1.165) is 23.1 Å². The Balaban J connectivity index is 2.35. The molecule has 0 aliphatic heterocycles. The highest BCUT2D eigenvalue weighted by molar-refractivity contribution is 5.95. The van der Waals surface area contributed by atoms with Crippen LogP contribution in [0.4, 0.5) is 14.5 Å². The van der Waals surface area contributed by atoms with Crippen LogP contribution in [0.15, 0.2) is 36.4 Å². The molecule has 0 spiro atoms. The molecule has 0 heterocycles. The number of rotatable bonds is 8. The summed E-state index contributed by atoms with van der Waals surface area (Å²) in [6.45, 7) is 1.37. The van der Waals surface area contributed by atoms with Crippen LogP contribution in [0.3, 0.4) is 0 Å². The zero-order valence-corrected chi connectivity index (χ0v) is 15.0. The summed E-state index contributed by atoms with van der Waals surface area (Å²) in [6, 6.07) is 7.14. The summed E-state index contributed by atoms with van der Waals surface area (Å²) >= 11 is 0. The molecule has 0 fully saturated rings. The second-order valence-corrected chi connectivity index (χ2v) is 6.07. The Morgan fingerprint density at radius 1 is 1.14 bits per heavy atom. The maximum Gasteiger partial charge on any atom is 0.305 e. The van der Waals surface area contributed by atoms with Crippen molar-refractivity contribution in [3.05, 3.63) is 74.8 Å². The highest BCUT2D eigenvalue weighted by atomic mass is 19.2. The molecule has 1 amide bonds. The molecule has 0 radical (unpaired) electrons. The van der Waals surface area contributed by atoms with Gasteiger partial charge in [0.2, 0.25) is 0 Å². The van der Waals surface area contributed by atoms with Crippen LogP contribution < -0.4 is 0 Å². The Hall–Kier alpha value is -3.36. The summed E-state index contributed by atoms with van der Waals surface area (Å²) in [6.07, 6.45) is 0.0346. The Morgan fingerprint density at radius 2 is 1.86 bits per heavy atom. The lowest BCUT2D eigenvalue weighted by Gasteiger charge is -2.22. The predicted octanol–water partition coefficient (Wildman–Crippen LogP) is 3.55. The van der Waals surface area contributed by atoms with E-state index in [1.165, 1.54) is 18.2 Å². The Bertz CT molecular complexity index is 917. The maximum atomic E-state index is 13.4. The molecule has 0 atom stereocenters. The van der Waals surface area contributed by atoms with Gasteiger partial charge in [-0.3, -0.25) is 19.7 Å². The van der Waals surface area contributed by atoms with E-state index < -0.39 is 28.4 Å². The van der Waals surface area contributed by atoms with Gasteiger partial charge in [-0.25, -0.2) is 8.78 Å². The van der Waals surface area contributed by atoms with Gasteiger partial charge < -0.3 is 10.0 Å². The van der Waals surface area contributed by atoms with Gasteiger partial charge in [0, 0.05) is 30.3 Å². The minimum atomic E-state index is -1.14. The molecule has 1 N–H and O–H groups in total. The number of carboxylic acid groups (broad SMARTS) is 1. The zero-order valence-electron chi connectivity index (χ0n) is 15.0. The number of hydrogen-bond donors (Lipinski definition) is 1. The van der Waals surface area contributed by atoms with Crippen molar-refractivity contribution < 1.29 is 28.4 Å². The number of carbonyl (C=O) groups excluding carboxylic acids is 1. The molecule has 0 unspecified atom stereocenters. The number of nitro benzene ring substituents is 1. The summed E-state index contributed by atoms with van der Waals surface area (Å²) in [5.41, 5.74) is 0.521. The molecule has 148 valence electrons. The number of nitrogens with zero attached hydrogens (tertiary/aromatic N) is 2.